The van der Waals surface area contributed by atoms with Crippen molar-refractivity contribution in [3.8, 4) is 45.8 Å². The highest BCUT2D eigenvalue weighted by atomic mass is 32.1. The van der Waals surface area contributed by atoms with Crippen LogP contribution < -0.4 is 20.1 Å². The second-order valence-electron chi connectivity index (χ2n) is 14.5. The number of ether oxygens (including phenoxy) is 2. The normalized spacial score (nSPS) is 11.8. The molecule has 2 amide bonds. The number of aliphatic hydroxyl groups excluding tert-OH is 2. The van der Waals surface area contributed by atoms with Gasteiger partial charge in [0.05, 0.1) is 31.9 Å². The lowest BCUT2D eigenvalue weighted by Crippen LogP contribution is -2.13. The van der Waals surface area contributed by atoms with Crippen molar-refractivity contribution in [2.45, 2.75) is 52.3 Å². The smallest absolute Gasteiger partial charge is 0.416 e. The van der Waals surface area contributed by atoms with Crippen LogP contribution in [0, 0.1) is 0 Å². The summed E-state index contributed by atoms with van der Waals surface area (Å²) in [5, 5.41) is 37.7. The van der Waals surface area contributed by atoms with Crippen molar-refractivity contribution in [3.05, 3.63) is 121 Å². The van der Waals surface area contributed by atoms with E-state index < -0.39 is 47.6 Å². The van der Waals surface area contributed by atoms with Gasteiger partial charge in [0, 0.05) is 37.1 Å². The number of benzene rings is 4. The average molecular weight is 1040 g/mol. The molecule has 26 heteroatoms. The molecular formula is C46H38F6N8O10S2. The van der Waals surface area contributed by atoms with Gasteiger partial charge in [-0.2, -0.15) is 26.3 Å². The van der Waals surface area contributed by atoms with Gasteiger partial charge >= 0.3 is 24.3 Å². The Morgan fingerprint density at radius 1 is 0.556 bits per heavy atom. The summed E-state index contributed by atoms with van der Waals surface area (Å²) in [6, 6.07) is 23.1. The van der Waals surface area contributed by atoms with E-state index in [4.69, 9.17) is 29.9 Å². The Morgan fingerprint density at radius 2 is 0.889 bits per heavy atom. The van der Waals surface area contributed by atoms with Gasteiger partial charge in [0.25, 0.3) is 0 Å². The molecule has 6 N–H and O–H groups in total. The minimum Gasteiger partial charge on any atom is -0.479 e. The number of nitrogens with one attached hydrogen (secondary N) is 2. The number of aromatic nitrogens is 6. The highest BCUT2D eigenvalue weighted by molar-refractivity contribution is 7.22. The third-order valence-corrected chi connectivity index (χ3v) is 10.6. The van der Waals surface area contributed by atoms with Crippen LogP contribution in [-0.2, 0) is 31.5 Å². The summed E-state index contributed by atoms with van der Waals surface area (Å²) in [4.78, 5) is 66.5. The molecule has 0 saturated carbocycles. The van der Waals surface area contributed by atoms with Crippen LogP contribution in [0.3, 0.4) is 0 Å². The van der Waals surface area contributed by atoms with Crippen LogP contribution in [0.2, 0.25) is 0 Å². The van der Waals surface area contributed by atoms with E-state index in [1.165, 1.54) is 99.4 Å². The predicted molar refractivity (Wildman–Crippen MR) is 252 cm³/mol. The second-order valence-corrected chi connectivity index (χ2v) is 16.5. The number of carbonyl (C=O) groups is 4. The number of anilines is 2. The van der Waals surface area contributed by atoms with Gasteiger partial charge in [-0.05, 0) is 62.4 Å². The number of aliphatic carboxylic acids is 2. The molecule has 0 saturated heterocycles. The van der Waals surface area contributed by atoms with E-state index in [0.717, 1.165) is 33.7 Å². The van der Waals surface area contributed by atoms with Gasteiger partial charge < -0.3 is 40.5 Å². The fourth-order valence-electron chi connectivity index (χ4n) is 5.41. The largest absolute Gasteiger partial charge is 0.479 e. The topological polar surface area (TPSA) is 269 Å². The number of thiazole rings is 2. The molecule has 18 nitrogen and oxygen atoms in total. The van der Waals surface area contributed by atoms with Crippen molar-refractivity contribution in [1.82, 2.24) is 29.9 Å². The van der Waals surface area contributed by atoms with Crippen LogP contribution >= 0.6 is 22.7 Å². The van der Waals surface area contributed by atoms with E-state index >= 15 is 0 Å². The molecule has 0 bridgehead atoms. The van der Waals surface area contributed by atoms with Crippen LogP contribution in [0.5, 0.6) is 23.3 Å². The number of para-hydroxylation sites is 2. The number of hydrogen-bond donors (Lipinski definition) is 6. The summed E-state index contributed by atoms with van der Waals surface area (Å²) in [5.74, 6) is -1.55. The summed E-state index contributed by atoms with van der Waals surface area (Å²) < 4.78 is 89.9. The maximum Gasteiger partial charge on any atom is 0.416 e. The van der Waals surface area contributed by atoms with Crippen LogP contribution in [0.4, 0.5) is 36.6 Å². The Kier molecular flexibility index (Phi) is 18.3. The SMILES string of the molecule is CC(=O)Nc1nc2c(Oc3cc(-c4ccc(C(F)(F)F)cc4)ncn3)cccc2s1.CC(=O)Nc1nc2c(Oc3cc(-c4ccc(C(F)(F)F)cc4)ncn3)cccc2s1.C[C@H](O)C(=O)O.C[C@H](O)C(=O)O. The molecule has 2 atom stereocenters. The minimum atomic E-state index is -4.40. The van der Waals surface area contributed by atoms with E-state index in [0.29, 0.717) is 55.3 Å². The number of halogens is 6. The number of carboxylic acids is 2. The number of aliphatic hydroxyl groups is 2. The standard InChI is InChI=1S/2C20H13F3N4O2S.2C3H6O3/c2*1-11(28)26-19-27-18-15(3-2-4-16(18)30-19)29-17-9-14(24-10-25-17)12-5-7-13(8-6-12)20(21,22)23;2*1-2(4)3(5)6/h2*2-10H,1H3,(H,26,27,28);2*2,4H,1H3,(H,5,6)/t;;2*2-/m..00/s1. The molecule has 0 aliphatic carbocycles. The molecule has 4 aromatic carbocycles. The fraction of sp³-hybridized carbons (Fsp3) is 0.174. The van der Waals surface area contributed by atoms with E-state index in [9.17, 15) is 45.5 Å². The van der Waals surface area contributed by atoms with E-state index in [-0.39, 0.29) is 23.6 Å². The number of carbonyl (C=O) groups excluding carboxylic acids is 2. The molecule has 0 aliphatic heterocycles. The highest BCUT2D eigenvalue weighted by Gasteiger charge is 2.31. The second kappa shape index (κ2) is 24.1. The van der Waals surface area contributed by atoms with Gasteiger partial charge in [-0.25, -0.2) is 39.5 Å². The van der Waals surface area contributed by atoms with Crippen molar-refractivity contribution < 1.29 is 75.4 Å². The lowest BCUT2D eigenvalue weighted by Gasteiger charge is -2.09. The van der Waals surface area contributed by atoms with Crippen molar-refractivity contribution in [3.63, 3.8) is 0 Å². The van der Waals surface area contributed by atoms with Crippen LogP contribution in [0.15, 0.2) is 110 Å². The molecule has 72 heavy (non-hydrogen) atoms. The molecule has 376 valence electrons. The Balaban J connectivity index is 0.000000218. The first kappa shape index (κ1) is 54.7. The zero-order valence-corrected chi connectivity index (χ0v) is 39.2. The number of alkyl halides is 6. The minimum absolute atomic E-state index is 0.210. The summed E-state index contributed by atoms with van der Waals surface area (Å²) in [7, 11) is 0. The van der Waals surface area contributed by atoms with Crippen LogP contribution in [0.25, 0.3) is 42.9 Å². The molecule has 4 aromatic heterocycles. The Morgan fingerprint density at radius 3 is 1.18 bits per heavy atom. The van der Waals surface area contributed by atoms with Gasteiger partial charge in [0.2, 0.25) is 23.6 Å². The number of hydrogen-bond acceptors (Lipinski definition) is 16. The van der Waals surface area contributed by atoms with Gasteiger partial charge in [0.15, 0.2) is 21.8 Å². The molecular weight excluding hydrogens is 1000 g/mol. The van der Waals surface area contributed by atoms with E-state index in [1.807, 2.05) is 12.1 Å². The first-order valence-electron chi connectivity index (χ1n) is 20.4. The van der Waals surface area contributed by atoms with E-state index in [2.05, 4.69) is 40.5 Å². The highest BCUT2D eigenvalue weighted by Crippen LogP contribution is 2.37. The van der Waals surface area contributed by atoms with Gasteiger partial charge in [0.1, 0.15) is 35.9 Å². The molecule has 0 unspecified atom stereocenters. The van der Waals surface area contributed by atoms with Crippen molar-refractivity contribution in [2.24, 2.45) is 0 Å². The summed E-state index contributed by atoms with van der Waals surface area (Å²) in [5.41, 5.74) is 1.46. The van der Waals surface area contributed by atoms with Gasteiger partial charge in [-0.1, -0.05) is 59.1 Å². The predicted octanol–water partition coefficient (Wildman–Crippen LogP) is 9.95. The maximum absolute atomic E-state index is 12.8. The first-order valence-corrected chi connectivity index (χ1v) is 22.0. The summed E-state index contributed by atoms with van der Waals surface area (Å²) >= 11 is 2.61. The molecule has 0 fully saturated rings. The van der Waals surface area contributed by atoms with Crippen molar-refractivity contribution in [2.75, 3.05) is 10.6 Å². The third kappa shape index (κ3) is 15.9. The van der Waals surface area contributed by atoms with E-state index in [1.54, 1.807) is 24.3 Å². The van der Waals surface area contributed by atoms with Crippen molar-refractivity contribution in [1.29, 1.82) is 0 Å². The Labute approximate surface area is 410 Å². The Bertz CT molecular complexity index is 2960. The summed E-state index contributed by atoms with van der Waals surface area (Å²) in [6.07, 6.45) is -8.73. The van der Waals surface area contributed by atoms with Crippen LogP contribution in [-0.4, -0.2) is 86.3 Å². The molecule has 8 rings (SSSR count). The molecule has 0 aliphatic rings. The zero-order chi connectivity index (χ0) is 52.9. The zero-order valence-electron chi connectivity index (χ0n) is 37.6. The average Bonchev–Trinajstić information content (AvgIpc) is 3.93. The summed E-state index contributed by atoms with van der Waals surface area (Å²) in [6.45, 7) is 5.19. The van der Waals surface area contributed by atoms with Gasteiger partial charge in [-0.3, -0.25) is 9.59 Å². The number of nitrogens with zero attached hydrogens (tertiary/aromatic N) is 6. The number of fused-ring (bicyclic) bond motifs is 2. The lowest BCUT2D eigenvalue weighted by atomic mass is 10.1. The van der Waals surface area contributed by atoms with Crippen molar-refractivity contribution >= 4 is 77.1 Å². The maximum atomic E-state index is 12.8. The first-order chi connectivity index (χ1) is 33.9. The third-order valence-electron chi connectivity index (χ3n) is 8.77. The number of rotatable bonds is 10. The quantitative estimate of drug-likeness (QED) is 0.0696. The number of carboxylic acid groups (broad SMARTS) is 2. The Hall–Kier alpha value is -8.20. The van der Waals surface area contributed by atoms with Crippen LogP contribution in [0.1, 0.15) is 38.8 Å². The fourth-order valence-corrected chi connectivity index (χ4v) is 7.27. The molecule has 4 heterocycles. The lowest BCUT2D eigenvalue weighted by molar-refractivity contribution is -0.146. The molecule has 0 radical (unpaired) electrons. The molecule has 0 spiro atoms. The number of amides is 2. The van der Waals surface area contributed by atoms with Gasteiger partial charge in [-0.15, -0.1) is 0 Å². The molecule has 8 aromatic rings. The monoisotopic (exact) mass is 1040 g/mol.